The van der Waals surface area contributed by atoms with Gasteiger partial charge in [0.05, 0.1) is 5.56 Å². The molecule has 1 N–H and O–H groups in total. The normalized spacial score (nSPS) is 16.5. The summed E-state index contributed by atoms with van der Waals surface area (Å²) in [5.41, 5.74) is 1.18. The van der Waals surface area contributed by atoms with E-state index in [4.69, 9.17) is 0 Å². The summed E-state index contributed by atoms with van der Waals surface area (Å²) in [6.45, 7) is 11.3. The third-order valence-electron chi connectivity index (χ3n) is 3.91. The number of carboxylic acid groups (broad SMARTS) is 1. The second kappa shape index (κ2) is 6.89. The van der Waals surface area contributed by atoms with E-state index in [1.54, 1.807) is 12.1 Å². The highest BCUT2D eigenvalue weighted by Crippen LogP contribution is 2.21. The highest BCUT2D eigenvalue weighted by Gasteiger charge is 2.19. The Morgan fingerprint density at radius 3 is 2.48 bits per heavy atom. The molecule has 0 radical (unpaired) electrons. The number of hydrogen-bond acceptors (Lipinski definition) is 4. The lowest BCUT2D eigenvalue weighted by Crippen LogP contribution is -2.46. The maximum absolute atomic E-state index is 11.3. The first-order valence-corrected chi connectivity index (χ1v) is 7.73. The average molecular weight is 291 g/mol. The fourth-order valence-corrected chi connectivity index (χ4v) is 2.63. The van der Waals surface area contributed by atoms with E-state index in [-0.39, 0.29) is 5.92 Å². The zero-order valence-corrected chi connectivity index (χ0v) is 13.2. The summed E-state index contributed by atoms with van der Waals surface area (Å²) in [5.74, 6) is 0.143. The largest absolute Gasteiger partial charge is 0.478 e. The Hall–Kier alpha value is -1.62. The van der Waals surface area contributed by atoms with Crippen molar-refractivity contribution in [2.75, 3.05) is 37.6 Å². The van der Waals surface area contributed by atoms with Crippen LogP contribution < -0.4 is 4.90 Å². The molecule has 1 aromatic heterocycles. The molecule has 1 aliphatic heterocycles. The molecule has 0 saturated carbocycles. The van der Waals surface area contributed by atoms with Gasteiger partial charge in [-0.2, -0.15) is 0 Å². The second-order valence-electron chi connectivity index (χ2n) is 5.93. The Balaban J connectivity index is 2.18. The van der Waals surface area contributed by atoms with E-state index in [2.05, 4.69) is 21.7 Å². The zero-order chi connectivity index (χ0) is 15.4. The lowest BCUT2D eigenvalue weighted by atomic mass is 10.1. The van der Waals surface area contributed by atoms with Crippen molar-refractivity contribution in [3.8, 4) is 0 Å². The minimum atomic E-state index is -0.884. The van der Waals surface area contributed by atoms with E-state index in [0.717, 1.165) is 44.2 Å². The topological polar surface area (TPSA) is 56.7 Å². The quantitative estimate of drug-likeness (QED) is 0.903. The summed E-state index contributed by atoms with van der Waals surface area (Å²) in [5, 5.41) is 9.27. The highest BCUT2D eigenvalue weighted by molar-refractivity contribution is 5.88. The van der Waals surface area contributed by atoms with Gasteiger partial charge in [0.25, 0.3) is 0 Å². The fraction of sp³-hybridized carbons (Fsp3) is 0.625. The SMILES string of the molecule is CCCN1CCN(c2cc(C(=O)O)cc(C(C)C)n2)CC1. The Kier molecular flexibility index (Phi) is 5.17. The molecule has 0 spiro atoms. The smallest absolute Gasteiger partial charge is 0.335 e. The van der Waals surface area contributed by atoms with Gasteiger partial charge in [0, 0.05) is 31.9 Å². The molecule has 0 unspecified atom stereocenters. The maximum Gasteiger partial charge on any atom is 0.335 e. The van der Waals surface area contributed by atoms with Gasteiger partial charge >= 0.3 is 5.97 Å². The first kappa shape index (κ1) is 15.8. The van der Waals surface area contributed by atoms with Crippen molar-refractivity contribution in [1.82, 2.24) is 9.88 Å². The molecule has 116 valence electrons. The van der Waals surface area contributed by atoms with Crippen LogP contribution >= 0.6 is 0 Å². The van der Waals surface area contributed by atoms with Crippen molar-refractivity contribution in [2.45, 2.75) is 33.1 Å². The van der Waals surface area contributed by atoms with E-state index < -0.39 is 5.97 Å². The molecule has 0 bridgehead atoms. The van der Waals surface area contributed by atoms with Crippen LogP contribution in [0.15, 0.2) is 12.1 Å². The van der Waals surface area contributed by atoms with Crippen molar-refractivity contribution in [3.05, 3.63) is 23.4 Å². The predicted octanol–water partition coefficient (Wildman–Crippen LogP) is 2.44. The van der Waals surface area contributed by atoms with E-state index in [0.29, 0.717) is 5.56 Å². The van der Waals surface area contributed by atoms with E-state index in [1.807, 2.05) is 13.8 Å². The number of nitrogens with zero attached hydrogens (tertiary/aromatic N) is 3. The van der Waals surface area contributed by atoms with Gasteiger partial charge in [-0.25, -0.2) is 9.78 Å². The van der Waals surface area contributed by atoms with Crippen LogP contribution in [0.2, 0.25) is 0 Å². The summed E-state index contributed by atoms with van der Waals surface area (Å²) >= 11 is 0. The number of aromatic nitrogens is 1. The number of aromatic carboxylic acids is 1. The Morgan fingerprint density at radius 2 is 1.95 bits per heavy atom. The first-order valence-electron chi connectivity index (χ1n) is 7.73. The Morgan fingerprint density at radius 1 is 1.29 bits per heavy atom. The standard InChI is InChI=1S/C16H25N3O2/c1-4-5-18-6-8-19(9-7-18)15-11-13(16(20)21)10-14(17-15)12(2)3/h10-12H,4-9H2,1-3H3,(H,20,21). The molecule has 1 aliphatic rings. The maximum atomic E-state index is 11.3. The summed E-state index contributed by atoms with van der Waals surface area (Å²) in [6.07, 6.45) is 1.17. The molecule has 0 atom stereocenters. The van der Waals surface area contributed by atoms with Gasteiger partial charge in [-0.3, -0.25) is 4.90 Å². The summed E-state index contributed by atoms with van der Waals surface area (Å²) in [4.78, 5) is 20.6. The number of hydrogen-bond donors (Lipinski definition) is 1. The Bertz CT molecular complexity index is 494. The van der Waals surface area contributed by atoms with E-state index in [1.165, 1.54) is 6.42 Å². The lowest BCUT2D eigenvalue weighted by Gasteiger charge is -2.35. The van der Waals surface area contributed by atoms with Crippen LogP contribution in [0.1, 0.15) is 49.2 Å². The van der Waals surface area contributed by atoms with Crippen LogP contribution in [0.5, 0.6) is 0 Å². The van der Waals surface area contributed by atoms with Crippen molar-refractivity contribution < 1.29 is 9.90 Å². The molecule has 0 amide bonds. The van der Waals surface area contributed by atoms with Gasteiger partial charge in [-0.05, 0) is 31.0 Å². The molecule has 1 fully saturated rings. The van der Waals surface area contributed by atoms with Gasteiger partial charge in [-0.15, -0.1) is 0 Å². The van der Waals surface area contributed by atoms with Crippen molar-refractivity contribution in [1.29, 1.82) is 0 Å². The molecule has 1 aromatic rings. The Labute approximate surface area is 126 Å². The summed E-state index contributed by atoms with van der Waals surface area (Å²) in [6, 6.07) is 3.38. The lowest BCUT2D eigenvalue weighted by molar-refractivity contribution is 0.0696. The zero-order valence-electron chi connectivity index (χ0n) is 13.2. The van der Waals surface area contributed by atoms with Gasteiger partial charge in [0.15, 0.2) is 0 Å². The minimum absolute atomic E-state index is 0.226. The molecular formula is C16H25N3O2. The van der Waals surface area contributed by atoms with Crippen molar-refractivity contribution in [2.24, 2.45) is 0 Å². The van der Waals surface area contributed by atoms with Gasteiger partial charge in [0.2, 0.25) is 0 Å². The molecule has 5 nitrogen and oxygen atoms in total. The molecule has 0 aromatic carbocycles. The molecule has 0 aliphatic carbocycles. The van der Waals surface area contributed by atoms with Crippen LogP contribution in [0, 0.1) is 0 Å². The van der Waals surface area contributed by atoms with Crippen LogP contribution in [-0.2, 0) is 0 Å². The second-order valence-corrected chi connectivity index (χ2v) is 5.93. The average Bonchev–Trinajstić information content (AvgIpc) is 2.47. The highest BCUT2D eigenvalue weighted by atomic mass is 16.4. The molecular weight excluding hydrogens is 266 g/mol. The molecule has 2 heterocycles. The van der Waals surface area contributed by atoms with Gasteiger partial charge in [0.1, 0.15) is 5.82 Å². The van der Waals surface area contributed by atoms with Gasteiger partial charge in [-0.1, -0.05) is 20.8 Å². The van der Waals surface area contributed by atoms with Gasteiger partial charge < -0.3 is 10.0 Å². The van der Waals surface area contributed by atoms with Crippen molar-refractivity contribution >= 4 is 11.8 Å². The number of carbonyl (C=O) groups is 1. The molecule has 2 rings (SSSR count). The number of anilines is 1. The van der Waals surface area contributed by atoms with E-state index in [9.17, 15) is 9.90 Å². The van der Waals surface area contributed by atoms with Crippen LogP contribution in [-0.4, -0.2) is 53.7 Å². The number of carboxylic acids is 1. The summed E-state index contributed by atoms with van der Waals surface area (Å²) in [7, 11) is 0. The van der Waals surface area contributed by atoms with Crippen molar-refractivity contribution in [3.63, 3.8) is 0 Å². The minimum Gasteiger partial charge on any atom is -0.478 e. The predicted molar refractivity (Wildman–Crippen MR) is 84.2 cm³/mol. The monoisotopic (exact) mass is 291 g/mol. The van der Waals surface area contributed by atoms with Crippen LogP contribution in [0.3, 0.4) is 0 Å². The molecule has 5 heteroatoms. The van der Waals surface area contributed by atoms with E-state index >= 15 is 0 Å². The molecule has 21 heavy (non-hydrogen) atoms. The van der Waals surface area contributed by atoms with Crippen LogP contribution in [0.4, 0.5) is 5.82 Å². The number of rotatable bonds is 5. The first-order chi connectivity index (χ1) is 10.0. The number of pyridine rings is 1. The molecule has 1 saturated heterocycles. The van der Waals surface area contributed by atoms with Crippen LogP contribution in [0.25, 0.3) is 0 Å². The third-order valence-corrected chi connectivity index (χ3v) is 3.91. The third kappa shape index (κ3) is 3.94. The summed E-state index contributed by atoms with van der Waals surface area (Å²) < 4.78 is 0. The fourth-order valence-electron chi connectivity index (χ4n) is 2.63. The number of piperazine rings is 1.